The first-order valence-corrected chi connectivity index (χ1v) is 9.24. The molecule has 24 heavy (non-hydrogen) atoms. The van der Waals surface area contributed by atoms with Crippen molar-refractivity contribution in [3.8, 4) is 5.75 Å². The minimum absolute atomic E-state index is 0.185. The quantitative estimate of drug-likeness (QED) is 0.868. The molecule has 0 spiro atoms. The smallest absolute Gasteiger partial charge is 0.234 e. The third-order valence-electron chi connectivity index (χ3n) is 4.97. The molecule has 5 nitrogen and oxygen atoms in total. The number of amides is 1. The van der Waals surface area contributed by atoms with Gasteiger partial charge in [0.25, 0.3) is 0 Å². The van der Waals surface area contributed by atoms with E-state index in [2.05, 4.69) is 27.2 Å². The molecule has 0 aromatic heterocycles. The lowest BCUT2D eigenvalue weighted by atomic mass is 10.2. The van der Waals surface area contributed by atoms with Gasteiger partial charge in [0.1, 0.15) is 5.75 Å². The molecular formula is C19H29N3O2. The highest BCUT2D eigenvalue weighted by molar-refractivity contribution is 5.78. The van der Waals surface area contributed by atoms with Crippen molar-refractivity contribution in [2.45, 2.75) is 38.6 Å². The van der Waals surface area contributed by atoms with E-state index >= 15 is 0 Å². The number of piperazine rings is 1. The fourth-order valence-electron chi connectivity index (χ4n) is 3.69. The number of ether oxygens (including phenoxy) is 1. The molecule has 1 aromatic carbocycles. The van der Waals surface area contributed by atoms with E-state index in [0.717, 1.165) is 50.5 Å². The molecule has 1 N–H and O–H groups in total. The SMILES string of the molecule is CCOc1ccccc1N1CCN(CC(=O)NC2CCCC2)CC1. The lowest BCUT2D eigenvalue weighted by Gasteiger charge is -2.36. The molecule has 0 unspecified atom stereocenters. The number of anilines is 1. The second-order valence-electron chi connectivity index (χ2n) is 6.71. The van der Waals surface area contributed by atoms with Gasteiger partial charge in [-0.2, -0.15) is 0 Å². The molecule has 5 heteroatoms. The van der Waals surface area contributed by atoms with Gasteiger partial charge in [-0.15, -0.1) is 0 Å². The van der Waals surface area contributed by atoms with Crippen LogP contribution in [0.1, 0.15) is 32.6 Å². The second-order valence-corrected chi connectivity index (χ2v) is 6.71. The van der Waals surface area contributed by atoms with Gasteiger partial charge >= 0.3 is 0 Å². The van der Waals surface area contributed by atoms with Crippen molar-refractivity contribution in [1.82, 2.24) is 10.2 Å². The molecule has 0 atom stereocenters. The third kappa shape index (κ3) is 4.41. The fourth-order valence-corrected chi connectivity index (χ4v) is 3.69. The van der Waals surface area contributed by atoms with Gasteiger partial charge in [-0.1, -0.05) is 25.0 Å². The maximum Gasteiger partial charge on any atom is 0.234 e. The summed E-state index contributed by atoms with van der Waals surface area (Å²) >= 11 is 0. The third-order valence-corrected chi connectivity index (χ3v) is 4.97. The molecule has 1 saturated heterocycles. The van der Waals surface area contributed by atoms with Crippen LogP contribution >= 0.6 is 0 Å². The van der Waals surface area contributed by atoms with Crippen molar-refractivity contribution < 1.29 is 9.53 Å². The Hall–Kier alpha value is -1.75. The number of para-hydroxylation sites is 2. The fraction of sp³-hybridized carbons (Fsp3) is 0.632. The lowest BCUT2D eigenvalue weighted by Crippen LogP contribution is -2.50. The first kappa shape index (κ1) is 17.1. The molecule has 132 valence electrons. The Labute approximate surface area is 145 Å². The summed E-state index contributed by atoms with van der Waals surface area (Å²) in [4.78, 5) is 16.8. The minimum Gasteiger partial charge on any atom is -0.492 e. The van der Waals surface area contributed by atoms with Crippen LogP contribution in [0.2, 0.25) is 0 Å². The first-order chi connectivity index (χ1) is 11.8. The van der Waals surface area contributed by atoms with Crippen LogP contribution in [0.3, 0.4) is 0 Å². The number of nitrogens with one attached hydrogen (secondary N) is 1. The van der Waals surface area contributed by atoms with Crippen molar-refractivity contribution in [2.24, 2.45) is 0 Å². The highest BCUT2D eigenvalue weighted by atomic mass is 16.5. The van der Waals surface area contributed by atoms with E-state index in [4.69, 9.17) is 4.74 Å². The molecule has 1 heterocycles. The summed E-state index contributed by atoms with van der Waals surface area (Å²) in [5.41, 5.74) is 1.16. The Kier molecular flexibility index (Phi) is 5.96. The lowest BCUT2D eigenvalue weighted by molar-refractivity contribution is -0.123. The summed E-state index contributed by atoms with van der Waals surface area (Å²) in [5.74, 6) is 1.14. The average Bonchev–Trinajstić information content (AvgIpc) is 3.09. The topological polar surface area (TPSA) is 44.8 Å². The van der Waals surface area contributed by atoms with E-state index in [0.29, 0.717) is 19.2 Å². The number of carbonyl (C=O) groups excluding carboxylic acids is 1. The Morgan fingerprint density at radius 3 is 2.58 bits per heavy atom. The van der Waals surface area contributed by atoms with Gasteiger partial charge in [0.15, 0.2) is 0 Å². The van der Waals surface area contributed by atoms with E-state index in [9.17, 15) is 4.79 Å². The average molecular weight is 331 g/mol. The summed E-state index contributed by atoms with van der Waals surface area (Å²) in [5, 5.41) is 3.18. The predicted octanol–water partition coefficient (Wildman–Crippen LogP) is 2.27. The van der Waals surface area contributed by atoms with Crippen molar-refractivity contribution in [3.63, 3.8) is 0 Å². The molecule has 1 aromatic rings. The van der Waals surface area contributed by atoms with Crippen LogP contribution in [-0.4, -0.2) is 56.2 Å². The van der Waals surface area contributed by atoms with E-state index in [1.807, 2.05) is 19.1 Å². The number of nitrogens with zero attached hydrogens (tertiary/aromatic N) is 2. The minimum atomic E-state index is 0.185. The number of hydrogen-bond acceptors (Lipinski definition) is 4. The summed E-state index contributed by atoms with van der Waals surface area (Å²) in [6.07, 6.45) is 4.80. The zero-order valence-electron chi connectivity index (χ0n) is 14.7. The molecule has 0 radical (unpaired) electrons. The van der Waals surface area contributed by atoms with Gasteiger partial charge in [0.05, 0.1) is 18.8 Å². The predicted molar refractivity (Wildman–Crippen MR) is 96.7 cm³/mol. The van der Waals surface area contributed by atoms with Crippen molar-refractivity contribution in [3.05, 3.63) is 24.3 Å². The van der Waals surface area contributed by atoms with Crippen LogP contribution in [0.25, 0.3) is 0 Å². The maximum atomic E-state index is 12.2. The Morgan fingerprint density at radius 2 is 1.88 bits per heavy atom. The molecule has 1 amide bonds. The summed E-state index contributed by atoms with van der Waals surface area (Å²) < 4.78 is 5.74. The van der Waals surface area contributed by atoms with Crippen molar-refractivity contribution in [1.29, 1.82) is 0 Å². The number of rotatable bonds is 6. The maximum absolute atomic E-state index is 12.2. The normalized spacial score (nSPS) is 19.5. The Balaban J connectivity index is 1.48. The number of carbonyl (C=O) groups is 1. The van der Waals surface area contributed by atoms with Gasteiger partial charge in [-0.25, -0.2) is 0 Å². The van der Waals surface area contributed by atoms with Crippen LogP contribution in [0, 0.1) is 0 Å². The van der Waals surface area contributed by atoms with Crippen LogP contribution in [-0.2, 0) is 4.79 Å². The molecule has 0 bridgehead atoms. The highest BCUT2D eigenvalue weighted by Crippen LogP contribution is 2.28. The summed E-state index contributed by atoms with van der Waals surface area (Å²) in [6, 6.07) is 8.63. The molecule has 2 aliphatic rings. The molecule has 1 saturated carbocycles. The van der Waals surface area contributed by atoms with Gasteiger partial charge in [0.2, 0.25) is 5.91 Å². The first-order valence-electron chi connectivity index (χ1n) is 9.24. The zero-order chi connectivity index (χ0) is 16.8. The molecular weight excluding hydrogens is 302 g/mol. The van der Waals surface area contributed by atoms with Gasteiger partial charge in [-0.3, -0.25) is 9.69 Å². The molecule has 3 rings (SSSR count). The van der Waals surface area contributed by atoms with Crippen molar-refractivity contribution in [2.75, 3.05) is 44.2 Å². The highest BCUT2D eigenvalue weighted by Gasteiger charge is 2.23. The second kappa shape index (κ2) is 8.38. The van der Waals surface area contributed by atoms with E-state index in [1.54, 1.807) is 0 Å². The van der Waals surface area contributed by atoms with Gasteiger partial charge in [-0.05, 0) is 31.9 Å². The van der Waals surface area contributed by atoms with Crippen LogP contribution in [0.4, 0.5) is 5.69 Å². The Morgan fingerprint density at radius 1 is 1.17 bits per heavy atom. The van der Waals surface area contributed by atoms with E-state index < -0.39 is 0 Å². The monoisotopic (exact) mass is 331 g/mol. The van der Waals surface area contributed by atoms with Crippen LogP contribution in [0.15, 0.2) is 24.3 Å². The summed E-state index contributed by atoms with van der Waals surface area (Å²) in [6.45, 7) is 6.91. The van der Waals surface area contributed by atoms with Crippen LogP contribution in [0.5, 0.6) is 5.75 Å². The zero-order valence-corrected chi connectivity index (χ0v) is 14.7. The molecule has 2 fully saturated rings. The Bertz CT molecular complexity index is 535. The molecule has 1 aliphatic carbocycles. The number of hydrogen-bond donors (Lipinski definition) is 1. The van der Waals surface area contributed by atoms with E-state index in [1.165, 1.54) is 12.8 Å². The number of benzene rings is 1. The summed E-state index contributed by atoms with van der Waals surface area (Å²) in [7, 11) is 0. The van der Waals surface area contributed by atoms with E-state index in [-0.39, 0.29) is 5.91 Å². The van der Waals surface area contributed by atoms with Crippen molar-refractivity contribution >= 4 is 11.6 Å². The molecule has 1 aliphatic heterocycles. The van der Waals surface area contributed by atoms with Gasteiger partial charge in [0, 0.05) is 32.2 Å². The van der Waals surface area contributed by atoms with Crippen LogP contribution < -0.4 is 15.0 Å². The van der Waals surface area contributed by atoms with Gasteiger partial charge < -0.3 is 15.0 Å². The standard InChI is InChI=1S/C19H29N3O2/c1-2-24-18-10-6-5-9-17(18)22-13-11-21(12-14-22)15-19(23)20-16-7-3-4-8-16/h5-6,9-10,16H,2-4,7-8,11-15H2,1H3,(H,20,23). The largest absolute Gasteiger partial charge is 0.492 e.